The van der Waals surface area contributed by atoms with Crippen LogP contribution in [-0.2, 0) is 26.5 Å². The van der Waals surface area contributed by atoms with Gasteiger partial charge in [-0.15, -0.1) is 0 Å². The second-order valence-corrected chi connectivity index (χ2v) is 12.7. The molecule has 1 N–H and O–H groups in total. The lowest BCUT2D eigenvalue weighted by Gasteiger charge is -2.38. The lowest BCUT2D eigenvalue weighted by atomic mass is 9.77. The monoisotopic (exact) mass is 498 g/mol. The van der Waals surface area contributed by atoms with Crippen molar-refractivity contribution in [2.75, 3.05) is 25.2 Å². The van der Waals surface area contributed by atoms with Crippen molar-refractivity contribution in [3.63, 3.8) is 0 Å². The molecule has 0 amide bonds. The number of hydrogen-bond acceptors (Lipinski definition) is 6. The minimum Gasteiger partial charge on any atom is -0.324 e. The highest BCUT2D eigenvalue weighted by atomic mass is 32.2. The van der Waals surface area contributed by atoms with Gasteiger partial charge in [0.1, 0.15) is 11.5 Å². The van der Waals surface area contributed by atoms with Crippen LogP contribution in [0.2, 0.25) is 0 Å². The van der Waals surface area contributed by atoms with Crippen molar-refractivity contribution in [2.24, 2.45) is 0 Å². The standard InChI is InChI=1S/C26H28F2N4O2S/c1-25(2)15-32(3)14-17-6-5-16(11-19(17)25)23-22(28)13-29-24(31-23)30-18-7-8-21(27)20(12-18)26(9-10-26)35(4,33)34/h5-8,11-13H,9-10,14-15H2,1-4H3,(H,29,30,31). The Kier molecular flexibility index (Phi) is 5.49. The fourth-order valence-corrected chi connectivity index (χ4v) is 6.66. The average molecular weight is 499 g/mol. The lowest BCUT2D eigenvalue weighted by Crippen LogP contribution is -2.39. The van der Waals surface area contributed by atoms with E-state index < -0.39 is 26.2 Å². The number of aromatic nitrogens is 2. The molecule has 1 saturated carbocycles. The van der Waals surface area contributed by atoms with E-state index in [4.69, 9.17) is 0 Å². The van der Waals surface area contributed by atoms with Crippen LogP contribution in [0.25, 0.3) is 11.3 Å². The third kappa shape index (κ3) is 4.21. The van der Waals surface area contributed by atoms with Crippen molar-refractivity contribution in [3.8, 4) is 11.3 Å². The van der Waals surface area contributed by atoms with E-state index in [2.05, 4.69) is 41.1 Å². The minimum atomic E-state index is -3.48. The Morgan fingerprint density at radius 2 is 1.77 bits per heavy atom. The van der Waals surface area contributed by atoms with Crippen LogP contribution in [0.5, 0.6) is 0 Å². The number of anilines is 2. The van der Waals surface area contributed by atoms with Crippen LogP contribution < -0.4 is 5.32 Å². The third-order valence-electron chi connectivity index (χ3n) is 7.09. The number of nitrogens with one attached hydrogen (secondary N) is 1. The Morgan fingerprint density at radius 1 is 1.03 bits per heavy atom. The molecule has 2 heterocycles. The Balaban J connectivity index is 1.49. The SMILES string of the molecule is CN1Cc2ccc(-c3nc(Nc4ccc(F)c(C5(S(C)(=O)=O)CC5)c4)ncc3F)cc2C(C)(C)C1. The average Bonchev–Trinajstić information content (AvgIpc) is 3.58. The van der Waals surface area contributed by atoms with Crippen LogP contribution in [-0.4, -0.2) is 43.1 Å². The molecule has 0 saturated heterocycles. The maximum absolute atomic E-state index is 14.8. The van der Waals surface area contributed by atoms with Gasteiger partial charge in [-0.3, -0.25) is 0 Å². The molecule has 1 aliphatic carbocycles. The van der Waals surface area contributed by atoms with E-state index >= 15 is 0 Å². The van der Waals surface area contributed by atoms with Crippen LogP contribution >= 0.6 is 0 Å². The number of likely N-dealkylation sites (N-methyl/N-ethyl adjacent to an activating group) is 1. The maximum Gasteiger partial charge on any atom is 0.227 e. The highest BCUT2D eigenvalue weighted by Gasteiger charge is 2.55. The molecule has 0 bridgehead atoms. The zero-order valence-electron chi connectivity index (χ0n) is 20.2. The van der Waals surface area contributed by atoms with Gasteiger partial charge in [0.05, 0.1) is 10.9 Å². The van der Waals surface area contributed by atoms with Gasteiger partial charge in [-0.1, -0.05) is 26.0 Å². The molecule has 3 aromatic rings. The molecule has 1 aliphatic heterocycles. The van der Waals surface area contributed by atoms with Crippen molar-refractivity contribution in [2.45, 2.75) is 43.4 Å². The lowest BCUT2D eigenvalue weighted by molar-refractivity contribution is 0.236. The van der Waals surface area contributed by atoms with Gasteiger partial charge in [0, 0.05) is 41.6 Å². The first-order valence-electron chi connectivity index (χ1n) is 11.5. The normalized spacial score (nSPS) is 18.7. The zero-order valence-corrected chi connectivity index (χ0v) is 21.0. The molecule has 0 unspecified atom stereocenters. The molecule has 1 fully saturated rings. The summed E-state index contributed by atoms with van der Waals surface area (Å²) in [6, 6.07) is 10.1. The molecule has 2 aromatic carbocycles. The highest BCUT2D eigenvalue weighted by molar-refractivity contribution is 7.92. The molecule has 9 heteroatoms. The summed E-state index contributed by atoms with van der Waals surface area (Å²) in [7, 11) is -1.39. The number of halogens is 2. The van der Waals surface area contributed by atoms with E-state index in [-0.39, 0.29) is 22.6 Å². The summed E-state index contributed by atoms with van der Waals surface area (Å²) in [6.07, 6.45) is 3.00. The molecular weight excluding hydrogens is 470 g/mol. The van der Waals surface area contributed by atoms with Crippen molar-refractivity contribution in [3.05, 3.63) is 70.9 Å². The van der Waals surface area contributed by atoms with Crippen LogP contribution in [0.3, 0.4) is 0 Å². The molecule has 0 radical (unpaired) electrons. The number of nitrogens with zero attached hydrogens (tertiary/aromatic N) is 3. The predicted molar refractivity (Wildman–Crippen MR) is 132 cm³/mol. The zero-order chi connectivity index (χ0) is 25.2. The van der Waals surface area contributed by atoms with Crippen molar-refractivity contribution in [1.29, 1.82) is 0 Å². The Hall–Kier alpha value is -2.91. The Morgan fingerprint density at radius 3 is 2.46 bits per heavy atom. The third-order valence-corrected chi connectivity index (χ3v) is 9.14. The van der Waals surface area contributed by atoms with Crippen molar-refractivity contribution < 1.29 is 17.2 Å². The van der Waals surface area contributed by atoms with Gasteiger partial charge in [-0.2, -0.15) is 0 Å². The van der Waals surface area contributed by atoms with Crippen LogP contribution in [0.1, 0.15) is 43.4 Å². The van der Waals surface area contributed by atoms with Gasteiger partial charge in [0.15, 0.2) is 15.7 Å². The van der Waals surface area contributed by atoms with Crippen LogP contribution in [0, 0.1) is 11.6 Å². The number of hydrogen-bond donors (Lipinski definition) is 1. The summed E-state index contributed by atoms with van der Waals surface area (Å²) in [5.41, 5.74) is 3.66. The molecule has 1 aromatic heterocycles. The fourth-order valence-electron chi connectivity index (χ4n) is 5.26. The molecule has 0 atom stereocenters. The molecule has 35 heavy (non-hydrogen) atoms. The minimum absolute atomic E-state index is 0.0914. The van der Waals surface area contributed by atoms with Gasteiger partial charge in [-0.05, 0) is 55.3 Å². The summed E-state index contributed by atoms with van der Waals surface area (Å²) >= 11 is 0. The van der Waals surface area contributed by atoms with Crippen LogP contribution in [0.15, 0.2) is 42.6 Å². The first-order valence-corrected chi connectivity index (χ1v) is 13.4. The summed E-state index contributed by atoms with van der Waals surface area (Å²) < 4.78 is 52.8. The number of sulfone groups is 1. The van der Waals surface area contributed by atoms with Crippen molar-refractivity contribution in [1.82, 2.24) is 14.9 Å². The summed E-state index contributed by atoms with van der Waals surface area (Å²) in [6.45, 7) is 6.07. The second kappa shape index (κ2) is 8.06. The number of benzene rings is 2. The van der Waals surface area contributed by atoms with Gasteiger partial charge in [0.2, 0.25) is 5.95 Å². The molecular formula is C26H28F2N4O2S. The molecule has 6 nitrogen and oxygen atoms in total. The first kappa shape index (κ1) is 23.8. The molecule has 2 aliphatic rings. The van der Waals surface area contributed by atoms with E-state index in [0.717, 1.165) is 25.5 Å². The van der Waals surface area contributed by atoms with E-state index in [1.807, 2.05) is 18.2 Å². The predicted octanol–water partition coefficient (Wildman–Crippen LogP) is 4.92. The van der Waals surface area contributed by atoms with E-state index in [9.17, 15) is 17.2 Å². The van der Waals surface area contributed by atoms with Crippen LogP contribution in [0.4, 0.5) is 20.4 Å². The van der Waals surface area contributed by atoms with E-state index in [1.165, 1.54) is 29.3 Å². The summed E-state index contributed by atoms with van der Waals surface area (Å²) in [5.74, 6) is -0.976. The number of rotatable bonds is 5. The largest absolute Gasteiger partial charge is 0.324 e. The summed E-state index contributed by atoms with van der Waals surface area (Å²) in [4.78, 5) is 10.7. The quantitative estimate of drug-likeness (QED) is 0.538. The van der Waals surface area contributed by atoms with Gasteiger partial charge < -0.3 is 10.2 Å². The summed E-state index contributed by atoms with van der Waals surface area (Å²) in [5, 5.41) is 2.99. The topological polar surface area (TPSA) is 75.2 Å². The Labute approximate surface area is 204 Å². The second-order valence-electron chi connectivity index (χ2n) is 10.4. The molecule has 0 spiro atoms. The van der Waals surface area contributed by atoms with Gasteiger partial charge in [0.25, 0.3) is 0 Å². The number of fused-ring (bicyclic) bond motifs is 1. The van der Waals surface area contributed by atoms with Gasteiger partial charge >= 0.3 is 0 Å². The fraction of sp³-hybridized carbons (Fsp3) is 0.385. The van der Waals surface area contributed by atoms with Gasteiger partial charge in [-0.25, -0.2) is 27.2 Å². The smallest absolute Gasteiger partial charge is 0.227 e. The molecule has 5 rings (SSSR count). The highest BCUT2D eigenvalue weighted by Crippen LogP contribution is 2.53. The first-order chi connectivity index (χ1) is 16.4. The van der Waals surface area contributed by atoms with E-state index in [0.29, 0.717) is 24.1 Å². The maximum atomic E-state index is 14.8. The van der Waals surface area contributed by atoms with E-state index in [1.54, 1.807) is 0 Å². The van der Waals surface area contributed by atoms with Crippen molar-refractivity contribution >= 4 is 21.5 Å². The Bertz CT molecular complexity index is 1440. The molecule has 184 valence electrons.